The predicted molar refractivity (Wildman–Crippen MR) is 72.7 cm³/mol. The van der Waals surface area contributed by atoms with E-state index in [0.717, 1.165) is 16.6 Å². The normalized spacial score (nSPS) is 10.8. The molecular formula is C15H12N3O-. The Hall–Kier alpha value is -2.46. The summed E-state index contributed by atoms with van der Waals surface area (Å²) in [5.41, 5.74) is 3.82. The molecular weight excluding hydrogens is 238 g/mol. The van der Waals surface area contributed by atoms with Crippen molar-refractivity contribution in [1.82, 2.24) is 15.0 Å². The van der Waals surface area contributed by atoms with Gasteiger partial charge in [0.2, 0.25) is 0 Å². The quantitative estimate of drug-likeness (QED) is 0.713. The zero-order chi connectivity index (χ0) is 13.2. The van der Waals surface area contributed by atoms with Gasteiger partial charge in [0.25, 0.3) is 0 Å². The number of hydrogen-bond donors (Lipinski definition) is 0. The van der Waals surface area contributed by atoms with Gasteiger partial charge in [-0.25, -0.2) is 0 Å². The smallest absolute Gasteiger partial charge is 0.113 e. The summed E-state index contributed by atoms with van der Waals surface area (Å²) >= 11 is 0. The summed E-state index contributed by atoms with van der Waals surface area (Å²) in [5.74, 6) is 0. The lowest BCUT2D eigenvalue weighted by atomic mass is 10.1. The van der Waals surface area contributed by atoms with Gasteiger partial charge >= 0.3 is 0 Å². The molecule has 0 aliphatic rings. The van der Waals surface area contributed by atoms with Crippen molar-refractivity contribution < 1.29 is 5.11 Å². The third kappa shape index (κ3) is 1.92. The fraction of sp³-hybridized carbons (Fsp3) is 0.0667. The average molecular weight is 250 g/mol. The van der Waals surface area contributed by atoms with Crippen LogP contribution < -0.4 is 5.11 Å². The molecule has 4 nitrogen and oxygen atoms in total. The van der Waals surface area contributed by atoms with Crippen LogP contribution in [0.15, 0.2) is 49.0 Å². The molecule has 2 aromatic carbocycles. The van der Waals surface area contributed by atoms with Crippen LogP contribution in [0.1, 0.15) is 11.1 Å². The number of nitrogens with zero attached hydrogens (tertiary/aromatic N) is 3. The molecule has 3 aromatic rings. The Morgan fingerprint density at radius 1 is 1.05 bits per heavy atom. The maximum atomic E-state index is 11.4. The lowest BCUT2D eigenvalue weighted by molar-refractivity contribution is -0.386. The summed E-state index contributed by atoms with van der Waals surface area (Å²) < 4.78 is 0. The molecule has 0 aliphatic carbocycles. The van der Waals surface area contributed by atoms with Gasteiger partial charge in [-0.1, -0.05) is 36.9 Å². The van der Waals surface area contributed by atoms with Crippen molar-refractivity contribution in [1.29, 1.82) is 0 Å². The molecule has 0 radical (unpaired) electrons. The third-order valence-electron chi connectivity index (χ3n) is 3.05. The van der Waals surface area contributed by atoms with Crippen molar-refractivity contribution in [3.63, 3.8) is 0 Å². The molecule has 19 heavy (non-hydrogen) atoms. The fourth-order valence-electron chi connectivity index (χ4n) is 2.10. The van der Waals surface area contributed by atoms with Crippen molar-refractivity contribution in [2.24, 2.45) is 0 Å². The van der Waals surface area contributed by atoms with Crippen LogP contribution in [0.2, 0.25) is 0 Å². The largest absolute Gasteiger partial charge is 0.851 e. The molecule has 0 unspecified atom stereocenters. The van der Waals surface area contributed by atoms with Gasteiger partial charge < -0.3 is 5.11 Å². The lowest BCUT2D eigenvalue weighted by Gasteiger charge is -2.14. The molecule has 1 aromatic heterocycles. The van der Waals surface area contributed by atoms with Gasteiger partial charge in [0.05, 0.1) is 5.69 Å². The molecule has 0 N–H and O–H groups in total. The Balaban J connectivity index is 2.23. The van der Waals surface area contributed by atoms with E-state index in [0.29, 0.717) is 11.3 Å². The van der Waals surface area contributed by atoms with E-state index in [1.807, 2.05) is 42.5 Å². The second-order valence-corrected chi connectivity index (χ2v) is 4.17. The summed E-state index contributed by atoms with van der Waals surface area (Å²) in [6.07, 6.45) is 1.68. The zero-order valence-electron chi connectivity index (χ0n) is 10.3. The second-order valence-electron chi connectivity index (χ2n) is 4.17. The lowest BCUT2D eigenvalue weighted by Crippen LogP contribution is -2.11. The molecule has 94 valence electrons. The molecule has 0 amide bonds. The van der Waals surface area contributed by atoms with Gasteiger partial charge in [-0.3, -0.25) is 0 Å². The molecule has 0 bridgehead atoms. The average Bonchev–Trinajstić information content (AvgIpc) is 2.89. The monoisotopic (exact) mass is 250 g/mol. The number of hydrogen-bond acceptors (Lipinski definition) is 3. The molecule has 1 heterocycles. The van der Waals surface area contributed by atoms with Crippen molar-refractivity contribution in [2.75, 3.05) is 0 Å². The van der Waals surface area contributed by atoms with Crippen molar-refractivity contribution in [3.05, 3.63) is 60.2 Å². The first-order chi connectivity index (χ1) is 9.33. The Bertz CT molecular complexity index is 713. The van der Waals surface area contributed by atoms with Crippen LogP contribution in [0, 0.1) is 0 Å². The van der Waals surface area contributed by atoms with Crippen LogP contribution in [0.5, 0.6) is 0 Å². The first kappa shape index (κ1) is 11.6. The minimum absolute atomic E-state index is 0.324. The molecule has 0 fully saturated rings. The highest BCUT2D eigenvalue weighted by atomic mass is 16.3. The summed E-state index contributed by atoms with van der Waals surface area (Å²) in [4.78, 5) is 1.52. The SMILES string of the molecule is C=Cc1cccc(-n2nc3ccccc3n2)c1C[O-]. The van der Waals surface area contributed by atoms with Crippen LogP contribution in [0.3, 0.4) is 0 Å². The number of aromatic nitrogens is 3. The Morgan fingerprint density at radius 2 is 1.74 bits per heavy atom. The van der Waals surface area contributed by atoms with Crippen molar-refractivity contribution >= 4 is 17.1 Å². The first-order valence-corrected chi connectivity index (χ1v) is 5.98. The van der Waals surface area contributed by atoms with Gasteiger partial charge in [0.15, 0.2) is 0 Å². The fourth-order valence-corrected chi connectivity index (χ4v) is 2.10. The molecule has 0 saturated heterocycles. The van der Waals surface area contributed by atoms with Gasteiger partial charge in [0.1, 0.15) is 11.0 Å². The predicted octanol–water partition coefficient (Wildman–Crippen LogP) is 1.92. The summed E-state index contributed by atoms with van der Waals surface area (Å²) in [6, 6.07) is 13.2. The highest BCUT2D eigenvalue weighted by Crippen LogP contribution is 2.20. The van der Waals surface area contributed by atoms with Gasteiger partial charge in [-0.05, 0) is 29.3 Å². The maximum Gasteiger partial charge on any atom is 0.113 e. The van der Waals surface area contributed by atoms with E-state index in [4.69, 9.17) is 0 Å². The van der Waals surface area contributed by atoms with Crippen LogP contribution >= 0.6 is 0 Å². The van der Waals surface area contributed by atoms with Gasteiger partial charge in [0, 0.05) is 0 Å². The van der Waals surface area contributed by atoms with E-state index in [1.165, 1.54) is 4.80 Å². The van der Waals surface area contributed by atoms with E-state index >= 15 is 0 Å². The van der Waals surface area contributed by atoms with Gasteiger partial charge in [-0.2, -0.15) is 4.80 Å². The summed E-state index contributed by atoms with van der Waals surface area (Å²) in [5, 5.41) is 20.2. The molecule has 0 spiro atoms. The summed E-state index contributed by atoms with van der Waals surface area (Å²) in [7, 11) is 0. The summed E-state index contributed by atoms with van der Waals surface area (Å²) in [6.45, 7) is 3.40. The zero-order valence-corrected chi connectivity index (χ0v) is 10.3. The standard InChI is InChI=1S/C15H12N3O/c1-2-11-6-5-9-15(12(11)10-19)18-16-13-7-3-4-8-14(13)17-18/h2-9H,1,10H2/q-1. The highest BCUT2D eigenvalue weighted by molar-refractivity contribution is 5.73. The minimum Gasteiger partial charge on any atom is -0.851 e. The molecule has 0 aliphatic heterocycles. The Kier molecular flexibility index (Phi) is 2.85. The Labute approximate surface area is 110 Å². The van der Waals surface area contributed by atoms with Crippen LogP contribution in [-0.4, -0.2) is 15.0 Å². The van der Waals surface area contributed by atoms with Crippen molar-refractivity contribution in [2.45, 2.75) is 6.61 Å². The minimum atomic E-state index is -0.324. The highest BCUT2D eigenvalue weighted by Gasteiger charge is 2.08. The topological polar surface area (TPSA) is 53.8 Å². The number of fused-ring (bicyclic) bond motifs is 1. The first-order valence-electron chi connectivity index (χ1n) is 5.98. The molecule has 3 rings (SSSR count). The Morgan fingerprint density at radius 3 is 2.32 bits per heavy atom. The molecule has 0 saturated carbocycles. The molecule has 0 atom stereocenters. The van der Waals surface area contributed by atoms with Crippen LogP contribution in [-0.2, 0) is 6.61 Å². The number of benzene rings is 2. The molecule has 4 heteroatoms. The van der Waals surface area contributed by atoms with E-state index in [9.17, 15) is 5.11 Å². The van der Waals surface area contributed by atoms with Gasteiger partial charge in [-0.15, -0.1) is 16.8 Å². The second kappa shape index (κ2) is 4.66. The number of rotatable bonds is 3. The van der Waals surface area contributed by atoms with E-state index in [2.05, 4.69) is 16.8 Å². The van der Waals surface area contributed by atoms with E-state index in [-0.39, 0.29) is 6.61 Å². The van der Waals surface area contributed by atoms with E-state index < -0.39 is 0 Å². The van der Waals surface area contributed by atoms with Crippen molar-refractivity contribution in [3.8, 4) is 5.69 Å². The third-order valence-corrected chi connectivity index (χ3v) is 3.05. The maximum absolute atomic E-state index is 11.4. The van der Waals surface area contributed by atoms with Crippen LogP contribution in [0.25, 0.3) is 22.8 Å². The van der Waals surface area contributed by atoms with E-state index in [1.54, 1.807) is 6.08 Å². The van der Waals surface area contributed by atoms with Crippen LogP contribution in [0.4, 0.5) is 0 Å².